The van der Waals surface area contributed by atoms with Gasteiger partial charge in [-0.3, -0.25) is 0 Å². The van der Waals surface area contributed by atoms with Crippen LogP contribution in [0, 0.1) is 0 Å². The zero-order chi connectivity index (χ0) is 43.4. The Balaban J connectivity index is 0.883. The van der Waals surface area contributed by atoms with Gasteiger partial charge < -0.3 is 9.80 Å². The quantitative estimate of drug-likeness (QED) is 0.128. The fraction of sp³-hybridized carbons (Fsp3) is 0.129. The van der Waals surface area contributed by atoms with Crippen molar-refractivity contribution < 1.29 is 0 Å². The molecule has 14 rings (SSSR count). The van der Waals surface area contributed by atoms with Crippen LogP contribution < -0.4 is 30.5 Å². The van der Waals surface area contributed by atoms with Gasteiger partial charge in [0.1, 0.15) is 16.1 Å². The predicted octanol–water partition coefficient (Wildman–Crippen LogP) is 14.8. The molecular formula is C62H50N2Si2. The molecule has 0 bridgehead atoms. The van der Waals surface area contributed by atoms with Gasteiger partial charge in [0.15, 0.2) is 0 Å². The van der Waals surface area contributed by atoms with E-state index in [2.05, 4.69) is 216 Å². The van der Waals surface area contributed by atoms with Crippen LogP contribution in [0.15, 0.2) is 206 Å². The smallest absolute Gasteiger partial charge is 0.123 e. The first-order chi connectivity index (χ1) is 32.7. The highest BCUT2D eigenvalue weighted by Gasteiger charge is 2.48. The standard InChI is InChI=1S/C62H50N2Si2/c1-3-19-50-48(17-1)52(43-29-33-46(34-30-43)63-54-21-5-9-25-58(54)65(37-13-14-38-65)59-26-10-6-22-55(59)63)41-45-42-53(49-18-2-4-20-51(49)62(45)50)44-31-35-47(36-32-44)64-56-23-7-11-27-60(56)66(39-15-16-40-66)61-28-12-8-24-57(61)64/h1-12,17-36,41-42H,13-16,37-40H2. The van der Waals surface area contributed by atoms with Crippen molar-refractivity contribution in [2.24, 2.45) is 0 Å². The van der Waals surface area contributed by atoms with E-state index in [1.54, 1.807) is 20.7 Å². The Bertz CT molecular complexity index is 3230. The molecule has 2 nitrogen and oxygen atoms in total. The second kappa shape index (κ2) is 14.8. The second-order valence-electron chi connectivity index (χ2n) is 19.4. The summed E-state index contributed by atoms with van der Waals surface area (Å²) in [4.78, 5) is 5.09. The molecule has 2 spiro atoms. The molecule has 4 aliphatic rings. The molecule has 316 valence electrons. The van der Waals surface area contributed by atoms with Crippen molar-refractivity contribution >= 4 is 103 Å². The van der Waals surface area contributed by atoms with Gasteiger partial charge in [-0.15, -0.1) is 0 Å². The van der Waals surface area contributed by atoms with Crippen LogP contribution in [0.1, 0.15) is 25.7 Å². The van der Waals surface area contributed by atoms with Crippen LogP contribution in [0.25, 0.3) is 54.6 Å². The Kier molecular flexibility index (Phi) is 8.57. The first kappa shape index (κ1) is 38.3. The van der Waals surface area contributed by atoms with Gasteiger partial charge in [-0.2, -0.15) is 0 Å². The van der Waals surface area contributed by atoms with Gasteiger partial charge in [0.2, 0.25) is 0 Å². The fourth-order valence-corrected chi connectivity index (χ4v) is 24.5. The highest BCUT2D eigenvalue weighted by molar-refractivity contribution is 7.05. The van der Waals surface area contributed by atoms with Gasteiger partial charge in [0, 0.05) is 34.1 Å². The topological polar surface area (TPSA) is 6.48 Å². The normalized spacial score (nSPS) is 16.5. The van der Waals surface area contributed by atoms with Gasteiger partial charge in [0.25, 0.3) is 0 Å². The summed E-state index contributed by atoms with van der Waals surface area (Å²) in [6.07, 6.45) is 5.38. The van der Waals surface area contributed by atoms with E-state index in [1.165, 1.54) is 139 Å². The van der Waals surface area contributed by atoms with E-state index in [-0.39, 0.29) is 0 Å². The van der Waals surface area contributed by atoms with Crippen LogP contribution >= 0.6 is 0 Å². The Hall–Kier alpha value is -6.99. The van der Waals surface area contributed by atoms with E-state index in [0.717, 1.165) is 0 Å². The molecule has 0 N–H and O–H groups in total. The average Bonchev–Trinajstić information content (AvgIpc) is 4.09. The minimum absolute atomic E-state index is 1.22. The lowest BCUT2D eigenvalue weighted by atomic mass is 9.87. The molecule has 0 saturated carbocycles. The lowest BCUT2D eigenvalue weighted by molar-refractivity contribution is 0.935. The Morgan fingerprint density at radius 2 is 0.606 bits per heavy atom. The first-order valence-corrected chi connectivity index (χ1v) is 29.1. The SMILES string of the molecule is c1ccc2c(c1)N(c1ccc(-c3cc4cc(-c5ccc(N6c7ccccc7[Si]7(CCCC7)c7ccccc76)cc5)c5ccccc5c4c4ccccc34)cc1)c1ccccc1[Si]21CCCC1. The summed E-state index contributed by atoms with van der Waals surface area (Å²) in [5, 5.41) is 14.2. The Morgan fingerprint density at radius 3 is 0.955 bits per heavy atom. The summed E-state index contributed by atoms with van der Waals surface area (Å²) in [5.41, 5.74) is 13.0. The largest absolute Gasteiger partial charge is 0.311 e. The van der Waals surface area contributed by atoms with Gasteiger partial charge in [-0.25, -0.2) is 0 Å². The number of para-hydroxylation sites is 4. The molecule has 0 atom stereocenters. The Morgan fingerprint density at radius 1 is 0.303 bits per heavy atom. The fourth-order valence-electron chi connectivity index (χ4n) is 13.5. The average molecular weight is 879 g/mol. The molecule has 66 heavy (non-hydrogen) atoms. The first-order valence-electron chi connectivity index (χ1n) is 24.3. The molecule has 0 aromatic heterocycles. The summed E-state index contributed by atoms with van der Waals surface area (Å²) in [6.45, 7) is 0. The molecule has 4 aliphatic heterocycles. The summed E-state index contributed by atoms with van der Waals surface area (Å²) < 4.78 is 0. The van der Waals surface area contributed by atoms with Crippen molar-refractivity contribution in [2.45, 2.75) is 49.9 Å². The minimum atomic E-state index is -1.79. The van der Waals surface area contributed by atoms with Gasteiger partial charge in [0.05, 0.1) is 0 Å². The van der Waals surface area contributed by atoms with E-state index in [9.17, 15) is 0 Å². The van der Waals surface area contributed by atoms with Gasteiger partial charge in [-0.1, -0.05) is 171 Å². The van der Waals surface area contributed by atoms with E-state index in [0.29, 0.717) is 0 Å². The molecule has 0 amide bonds. The van der Waals surface area contributed by atoms with E-state index < -0.39 is 16.1 Å². The van der Waals surface area contributed by atoms with Crippen molar-refractivity contribution in [3.05, 3.63) is 206 Å². The molecule has 0 radical (unpaired) electrons. The monoisotopic (exact) mass is 878 g/mol. The zero-order valence-electron chi connectivity index (χ0n) is 37.2. The number of hydrogen-bond donors (Lipinski definition) is 0. The molecule has 0 unspecified atom stereocenters. The van der Waals surface area contributed by atoms with Crippen LogP contribution in [0.5, 0.6) is 0 Å². The van der Waals surface area contributed by atoms with Crippen LogP contribution in [-0.4, -0.2) is 16.1 Å². The maximum Gasteiger partial charge on any atom is 0.123 e. The number of fused-ring (bicyclic) bond motifs is 13. The molecule has 10 aromatic carbocycles. The van der Waals surface area contributed by atoms with E-state index in [1.807, 2.05) is 0 Å². The molecule has 4 heteroatoms. The van der Waals surface area contributed by atoms with E-state index >= 15 is 0 Å². The highest BCUT2D eigenvalue weighted by atomic mass is 28.3. The number of benzene rings is 10. The molecule has 2 saturated heterocycles. The molecule has 0 aliphatic carbocycles. The molecular weight excluding hydrogens is 829 g/mol. The number of anilines is 6. The number of rotatable bonds is 4. The highest BCUT2D eigenvalue weighted by Crippen LogP contribution is 2.47. The number of hydrogen-bond acceptors (Lipinski definition) is 2. The zero-order valence-corrected chi connectivity index (χ0v) is 39.2. The lowest BCUT2D eigenvalue weighted by Crippen LogP contribution is -2.60. The van der Waals surface area contributed by atoms with Crippen LogP contribution in [0.4, 0.5) is 34.1 Å². The van der Waals surface area contributed by atoms with Crippen molar-refractivity contribution in [1.82, 2.24) is 0 Å². The van der Waals surface area contributed by atoms with Crippen LogP contribution in [-0.2, 0) is 0 Å². The van der Waals surface area contributed by atoms with Crippen molar-refractivity contribution in [3.8, 4) is 22.3 Å². The second-order valence-corrected chi connectivity index (χ2v) is 27.9. The predicted molar refractivity (Wildman–Crippen MR) is 287 cm³/mol. The van der Waals surface area contributed by atoms with Crippen molar-refractivity contribution in [2.75, 3.05) is 9.80 Å². The Labute approximate surface area is 389 Å². The van der Waals surface area contributed by atoms with Crippen LogP contribution in [0.2, 0.25) is 24.2 Å². The third-order valence-electron chi connectivity index (χ3n) is 16.3. The summed E-state index contributed by atoms with van der Waals surface area (Å²) >= 11 is 0. The van der Waals surface area contributed by atoms with Crippen LogP contribution in [0.3, 0.4) is 0 Å². The minimum Gasteiger partial charge on any atom is -0.311 e. The molecule has 10 aromatic rings. The van der Waals surface area contributed by atoms with Crippen molar-refractivity contribution in [3.63, 3.8) is 0 Å². The maximum atomic E-state index is 2.55. The molecule has 4 heterocycles. The maximum absolute atomic E-state index is 2.55. The molecule has 2 fully saturated rings. The summed E-state index contributed by atoms with van der Waals surface area (Å²) in [5.74, 6) is 0. The summed E-state index contributed by atoms with van der Waals surface area (Å²) in [6, 6.07) is 84.7. The van der Waals surface area contributed by atoms with Crippen molar-refractivity contribution in [1.29, 1.82) is 0 Å². The third-order valence-corrected chi connectivity index (χ3v) is 26.9. The van der Waals surface area contributed by atoms with Gasteiger partial charge in [-0.05, 0) is 160 Å². The van der Waals surface area contributed by atoms with Gasteiger partial charge >= 0.3 is 0 Å². The van der Waals surface area contributed by atoms with E-state index in [4.69, 9.17) is 0 Å². The lowest BCUT2D eigenvalue weighted by Gasteiger charge is -2.42. The summed E-state index contributed by atoms with van der Waals surface area (Å²) in [7, 11) is -3.58. The number of nitrogens with zero attached hydrogens (tertiary/aromatic N) is 2. The third kappa shape index (κ3) is 5.46.